The number of para-hydroxylation sites is 1. The number of nitrogens with zero attached hydrogens (tertiary/aromatic N) is 3. The van der Waals surface area contributed by atoms with Gasteiger partial charge in [-0.25, -0.2) is 0 Å². The Morgan fingerprint density at radius 1 is 1.24 bits per heavy atom. The first-order chi connectivity index (χ1) is 12.1. The predicted molar refractivity (Wildman–Crippen MR) is 98.8 cm³/mol. The summed E-state index contributed by atoms with van der Waals surface area (Å²) in [5, 5.41) is 19.7. The fraction of sp³-hybridized carbons (Fsp3) is 0.111. The highest BCUT2D eigenvalue weighted by Crippen LogP contribution is 2.18. The summed E-state index contributed by atoms with van der Waals surface area (Å²) in [4.78, 5) is 14.4. The molecule has 0 saturated carbocycles. The van der Waals surface area contributed by atoms with Crippen LogP contribution in [0, 0.1) is 16.7 Å². The smallest absolute Gasteiger partial charge is 0.258 e. The molecule has 126 valence electrons. The first-order valence-corrected chi connectivity index (χ1v) is 7.62. The largest absolute Gasteiger partial charge is 0.382 e. The number of anilines is 2. The first kappa shape index (κ1) is 17.7. The van der Waals surface area contributed by atoms with Gasteiger partial charge in [-0.15, -0.1) is 0 Å². The third-order valence-electron chi connectivity index (χ3n) is 3.42. The van der Waals surface area contributed by atoms with Gasteiger partial charge in [-0.05, 0) is 43.3 Å². The number of benzene rings is 2. The molecule has 0 unspecified atom stereocenters. The number of hydrazone groups is 1. The molecule has 1 amide bonds. The van der Waals surface area contributed by atoms with Crippen LogP contribution in [-0.2, 0) is 0 Å². The molecule has 7 heteroatoms. The van der Waals surface area contributed by atoms with E-state index >= 15 is 0 Å². The lowest BCUT2D eigenvalue weighted by molar-refractivity contribution is 0.0988. The van der Waals surface area contributed by atoms with Gasteiger partial charge in [-0.1, -0.05) is 18.2 Å². The molecule has 2 aromatic rings. The first-order valence-electron chi connectivity index (χ1n) is 7.62. The van der Waals surface area contributed by atoms with Gasteiger partial charge in [0.25, 0.3) is 5.91 Å². The Balaban J connectivity index is 2.15. The molecule has 0 radical (unpaired) electrons. The number of nitriles is 1. The SMILES string of the molecule is CCN(C(=O)c1ccc(N/N=C(\C#N)C(=N)N)cc1)c1ccccc1. The van der Waals surface area contributed by atoms with E-state index in [1.807, 2.05) is 37.3 Å². The van der Waals surface area contributed by atoms with Crippen LogP contribution in [0.25, 0.3) is 0 Å². The molecule has 0 heterocycles. The standard InChI is InChI=1S/C18H18N6O/c1-2-24(15-6-4-3-5-7-15)18(25)13-8-10-14(11-9-13)22-23-16(12-19)17(20)21/h3-11,22H,2H2,1H3,(H3,20,21)/b23-16+. The van der Waals surface area contributed by atoms with Crippen molar-refractivity contribution in [2.45, 2.75) is 6.92 Å². The molecule has 2 rings (SSSR count). The Morgan fingerprint density at radius 3 is 2.40 bits per heavy atom. The number of carbonyl (C=O) groups excluding carboxylic acids is 1. The van der Waals surface area contributed by atoms with Crippen molar-refractivity contribution in [3.8, 4) is 6.07 Å². The van der Waals surface area contributed by atoms with Crippen LogP contribution in [0.4, 0.5) is 11.4 Å². The van der Waals surface area contributed by atoms with Gasteiger partial charge in [0.05, 0.1) is 5.69 Å². The number of amidine groups is 1. The van der Waals surface area contributed by atoms with Gasteiger partial charge in [0.2, 0.25) is 5.71 Å². The molecule has 0 saturated heterocycles. The van der Waals surface area contributed by atoms with Crippen LogP contribution in [0.5, 0.6) is 0 Å². The molecule has 25 heavy (non-hydrogen) atoms. The van der Waals surface area contributed by atoms with Gasteiger partial charge in [-0.3, -0.25) is 15.6 Å². The molecule has 7 nitrogen and oxygen atoms in total. The normalized spacial score (nSPS) is 10.6. The lowest BCUT2D eigenvalue weighted by atomic mass is 10.1. The van der Waals surface area contributed by atoms with Crippen molar-refractivity contribution in [1.82, 2.24) is 0 Å². The number of nitrogens with one attached hydrogen (secondary N) is 2. The van der Waals surface area contributed by atoms with E-state index < -0.39 is 5.84 Å². The van der Waals surface area contributed by atoms with E-state index in [1.54, 1.807) is 35.2 Å². The van der Waals surface area contributed by atoms with Crippen LogP contribution >= 0.6 is 0 Å². The minimum absolute atomic E-state index is 0.106. The van der Waals surface area contributed by atoms with Crippen LogP contribution in [0.2, 0.25) is 0 Å². The van der Waals surface area contributed by atoms with Crippen molar-refractivity contribution in [2.75, 3.05) is 16.9 Å². The number of amides is 1. The molecule has 0 fully saturated rings. The number of hydrogen-bond donors (Lipinski definition) is 3. The number of rotatable bonds is 6. The molecule has 0 aliphatic carbocycles. The van der Waals surface area contributed by atoms with Crippen molar-refractivity contribution < 1.29 is 4.79 Å². The topological polar surface area (TPSA) is 118 Å². The van der Waals surface area contributed by atoms with E-state index in [9.17, 15) is 4.79 Å². The van der Waals surface area contributed by atoms with Crippen LogP contribution in [0.1, 0.15) is 17.3 Å². The van der Waals surface area contributed by atoms with E-state index in [2.05, 4.69) is 10.5 Å². The summed E-state index contributed by atoms with van der Waals surface area (Å²) in [5.74, 6) is -0.520. The molecule has 0 aliphatic rings. The van der Waals surface area contributed by atoms with Crippen LogP contribution in [0.15, 0.2) is 59.7 Å². The molecular formula is C18H18N6O. The molecule has 0 aliphatic heterocycles. The summed E-state index contributed by atoms with van der Waals surface area (Å²) in [6.45, 7) is 2.47. The lowest BCUT2D eigenvalue weighted by Gasteiger charge is -2.21. The third kappa shape index (κ3) is 4.42. The summed E-state index contributed by atoms with van der Waals surface area (Å²) in [6.07, 6.45) is 0. The zero-order chi connectivity index (χ0) is 18.2. The van der Waals surface area contributed by atoms with Crippen molar-refractivity contribution >= 4 is 28.8 Å². The number of hydrogen-bond acceptors (Lipinski definition) is 5. The van der Waals surface area contributed by atoms with Gasteiger partial charge in [-0.2, -0.15) is 10.4 Å². The van der Waals surface area contributed by atoms with E-state index in [1.165, 1.54) is 0 Å². The van der Waals surface area contributed by atoms with E-state index in [4.69, 9.17) is 16.4 Å². The number of carbonyl (C=O) groups is 1. The molecule has 0 aromatic heterocycles. The molecule has 0 atom stereocenters. The Bertz CT molecular complexity index is 821. The minimum atomic E-state index is -0.414. The maximum Gasteiger partial charge on any atom is 0.258 e. The van der Waals surface area contributed by atoms with Gasteiger partial charge in [0.15, 0.2) is 5.84 Å². The predicted octanol–water partition coefficient (Wildman–Crippen LogP) is 2.58. The van der Waals surface area contributed by atoms with Crippen LogP contribution in [0.3, 0.4) is 0 Å². The summed E-state index contributed by atoms with van der Waals surface area (Å²) in [7, 11) is 0. The van der Waals surface area contributed by atoms with Crippen LogP contribution in [-0.4, -0.2) is 24.0 Å². The third-order valence-corrected chi connectivity index (χ3v) is 3.42. The zero-order valence-electron chi connectivity index (χ0n) is 13.7. The molecular weight excluding hydrogens is 316 g/mol. The van der Waals surface area contributed by atoms with Gasteiger partial charge >= 0.3 is 0 Å². The quantitative estimate of drug-likeness (QED) is 0.427. The molecule has 4 N–H and O–H groups in total. The second-order valence-electron chi connectivity index (χ2n) is 5.06. The van der Waals surface area contributed by atoms with Crippen molar-refractivity contribution in [3.05, 3.63) is 60.2 Å². The average molecular weight is 334 g/mol. The Kier molecular flexibility index (Phi) is 5.85. The minimum Gasteiger partial charge on any atom is -0.382 e. The van der Waals surface area contributed by atoms with E-state index in [-0.39, 0.29) is 11.6 Å². The summed E-state index contributed by atoms with van der Waals surface area (Å²) < 4.78 is 0. The maximum atomic E-state index is 12.7. The highest BCUT2D eigenvalue weighted by Gasteiger charge is 2.15. The summed E-state index contributed by atoms with van der Waals surface area (Å²) >= 11 is 0. The highest BCUT2D eigenvalue weighted by molar-refractivity contribution is 6.45. The fourth-order valence-corrected chi connectivity index (χ4v) is 2.16. The van der Waals surface area contributed by atoms with Gasteiger partial charge in [0, 0.05) is 17.8 Å². The fourth-order valence-electron chi connectivity index (χ4n) is 2.16. The Labute approximate surface area is 145 Å². The Morgan fingerprint density at radius 2 is 1.88 bits per heavy atom. The lowest BCUT2D eigenvalue weighted by Crippen LogP contribution is -2.30. The summed E-state index contributed by atoms with van der Waals surface area (Å²) in [5.41, 5.74) is 9.60. The molecule has 2 aromatic carbocycles. The van der Waals surface area contributed by atoms with Gasteiger partial charge in [0.1, 0.15) is 6.07 Å². The molecule has 0 bridgehead atoms. The van der Waals surface area contributed by atoms with E-state index in [0.717, 1.165) is 5.69 Å². The van der Waals surface area contributed by atoms with Crippen molar-refractivity contribution in [1.29, 1.82) is 10.7 Å². The Hall–Kier alpha value is -3.66. The highest BCUT2D eigenvalue weighted by atomic mass is 16.2. The van der Waals surface area contributed by atoms with Crippen LogP contribution < -0.4 is 16.1 Å². The average Bonchev–Trinajstić information content (AvgIpc) is 2.64. The second kappa shape index (κ2) is 8.26. The second-order valence-corrected chi connectivity index (χ2v) is 5.06. The van der Waals surface area contributed by atoms with E-state index in [0.29, 0.717) is 17.8 Å². The number of nitrogens with two attached hydrogens (primary N) is 1. The maximum absolute atomic E-state index is 12.7. The molecule has 0 spiro atoms. The monoisotopic (exact) mass is 334 g/mol. The summed E-state index contributed by atoms with van der Waals surface area (Å²) in [6, 6.07) is 17.9. The van der Waals surface area contributed by atoms with Crippen molar-refractivity contribution in [2.24, 2.45) is 10.8 Å². The zero-order valence-corrected chi connectivity index (χ0v) is 13.7. The van der Waals surface area contributed by atoms with Crippen molar-refractivity contribution in [3.63, 3.8) is 0 Å². The van der Waals surface area contributed by atoms with Gasteiger partial charge < -0.3 is 10.6 Å².